The summed E-state index contributed by atoms with van der Waals surface area (Å²) in [5.41, 5.74) is 0.874. The van der Waals surface area contributed by atoms with Crippen LogP contribution in [0.15, 0.2) is 24.4 Å². The van der Waals surface area contributed by atoms with Gasteiger partial charge >= 0.3 is 0 Å². The van der Waals surface area contributed by atoms with E-state index in [4.69, 9.17) is 5.11 Å². The molecule has 0 unspecified atom stereocenters. The molecule has 20 heavy (non-hydrogen) atoms. The van der Waals surface area contributed by atoms with Crippen LogP contribution in [0.4, 0.5) is 0 Å². The van der Waals surface area contributed by atoms with E-state index in [0.717, 1.165) is 37.9 Å². The Morgan fingerprint density at radius 1 is 1.50 bits per heavy atom. The van der Waals surface area contributed by atoms with E-state index in [0.29, 0.717) is 19.1 Å². The second-order valence-corrected chi connectivity index (χ2v) is 5.23. The topological polar surface area (TPSA) is 65.5 Å². The van der Waals surface area contributed by atoms with Crippen LogP contribution in [-0.2, 0) is 11.3 Å². The summed E-state index contributed by atoms with van der Waals surface area (Å²) in [7, 11) is 0. The highest BCUT2D eigenvalue weighted by Gasteiger charge is 2.25. The van der Waals surface area contributed by atoms with E-state index in [-0.39, 0.29) is 12.5 Å². The molecular formula is C15H23N3O2. The summed E-state index contributed by atoms with van der Waals surface area (Å²) in [4.78, 5) is 18.4. The van der Waals surface area contributed by atoms with Crippen molar-refractivity contribution in [2.75, 3.05) is 19.7 Å². The van der Waals surface area contributed by atoms with E-state index in [1.54, 1.807) is 6.20 Å². The van der Waals surface area contributed by atoms with Crippen molar-refractivity contribution in [3.63, 3.8) is 0 Å². The van der Waals surface area contributed by atoms with Crippen molar-refractivity contribution in [1.29, 1.82) is 0 Å². The molecule has 1 saturated heterocycles. The number of aliphatic hydroxyl groups excluding tert-OH is 1. The zero-order valence-electron chi connectivity index (χ0n) is 11.8. The van der Waals surface area contributed by atoms with Crippen LogP contribution in [-0.4, -0.2) is 46.6 Å². The molecule has 5 heteroatoms. The molecule has 1 aliphatic rings. The number of nitrogens with one attached hydrogen (secondary N) is 1. The lowest BCUT2D eigenvalue weighted by molar-refractivity contribution is -0.122. The molecule has 2 rings (SSSR count). The number of hydrogen-bond acceptors (Lipinski definition) is 4. The molecule has 0 bridgehead atoms. The molecule has 1 fully saturated rings. The zero-order valence-corrected chi connectivity index (χ0v) is 11.8. The Balaban J connectivity index is 1.73. The van der Waals surface area contributed by atoms with E-state index in [1.807, 2.05) is 18.2 Å². The van der Waals surface area contributed by atoms with Crippen LogP contribution in [0, 0.1) is 0 Å². The van der Waals surface area contributed by atoms with Gasteiger partial charge in [0.05, 0.1) is 18.8 Å². The van der Waals surface area contributed by atoms with Gasteiger partial charge in [-0.1, -0.05) is 6.07 Å². The summed E-state index contributed by atoms with van der Waals surface area (Å²) in [6, 6.07) is 6.13. The summed E-state index contributed by atoms with van der Waals surface area (Å²) in [5, 5.41) is 11.8. The molecule has 5 nitrogen and oxygen atoms in total. The third-order valence-corrected chi connectivity index (χ3v) is 3.73. The lowest BCUT2D eigenvalue weighted by Gasteiger charge is -2.23. The summed E-state index contributed by atoms with van der Waals surface area (Å²) < 4.78 is 0. The summed E-state index contributed by atoms with van der Waals surface area (Å²) in [6.45, 7) is 2.14. The van der Waals surface area contributed by atoms with Gasteiger partial charge in [-0.3, -0.25) is 14.7 Å². The van der Waals surface area contributed by atoms with Crippen LogP contribution >= 0.6 is 0 Å². The molecule has 110 valence electrons. The minimum atomic E-state index is 0.0477. The lowest BCUT2D eigenvalue weighted by Crippen LogP contribution is -2.39. The number of hydrogen-bond donors (Lipinski definition) is 2. The largest absolute Gasteiger partial charge is 0.396 e. The van der Waals surface area contributed by atoms with Gasteiger partial charge in [0.15, 0.2) is 0 Å². The molecule has 1 atom stereocenters. The van der Waals surface area contributed by atoms with Crippen molar-refractivity contribution in [2.24, 2.45) is 0 Å². The Morgan fingerprint density at radius 2 is 2.40 bits per heavy atom. The number of likely N-dealkylation sites (tertiary alicyclic amines) is 1. The number of carbonyl (C=O) groups is 1. The second-order valence-electron chi connectivity index (χ2n) is 5.23. The fourth-order valence-electron chi connectivity index (χ4n) is 2.69. The highest BCUT2D eigenvalue weighted by atomic mass is 16.3. The van der Waals surface area contributed by atoms with Gasteiger partial charge in [-0.15, -0.1) is 0 Å². The zero-order chi connectivity index (χ0) is 14.2. The van der Waals surface area contributed by atoms with Gasteiger partial charge in [0, 0.05) is 18.8 Å². The fraction of sp³-hybridized carbons (Fsp3) is 0.600. The summed E-state index contributed by atoms with van der Waals surface area (Å²) in [6.07, 6.45) is 5.80. The average molecular weight is 277 g/mol. The molecule has 1 aromatic rings. The van der Waals surface area contributed by atoms with Gasteiger partial charge in [0.1, 0.15) is 0 Å². The van der Waals surface area contributed by atoms with Crippen molar-refractivity contribution in [3.8, 4) is 0 Å². The molecule has 0 aliphatic carbocycles. The van der Waals surface area contributed by atoms with Crippen LogP contribution in [0.1, 0.15) is 31.4 Å². The van der Waals surface area contributed by atoms with Crippen LogP contribution in [0.25, 0.3) is 0 Å². The van der Waals surface area contributed by atoms with Gasteiger partial charge in [0.2, 0.25) is 5.91 Å². The Kier molecular flexibility index (Phi) is 5.95. The molecule has 2 heterocycles. The van der Waals surface area contributed by atoms with Gasteiger partial charge in [-0.05, 0) is 44.4 Å². The Hall–Kier alpha value is -1.46. The van der Waals surface area contributed by atoms with Crippen LogP contribution < -0.4 is 5.32 Å². The number of carbonyl (C=O) groups excluding carboxylic acids is 1. The number of aliphatic hydroxyl groups is 1. The van der Waals surface area contributed by atoms with E-state index < -0.39 is 0 Å². The van der Waals surface area contributed by atoms with Crippen molar-refractivity contribution in [2.45, 2.75) is 38.3 Å². The van der Waals surface area contributed by atoms with Gasteiger partial charge in [-0.25, -0.2) is 0 Å². The maximum absolute atomic E-state index is 12.0. The molecule has 2 N–H and O–H groups in total. The van der Waals surface area contributed by atoms with Gasteiger partial charge < -0.3 is 10.4 Å². The molecule has 0 radical (unpaired) electrons. The number of aromatic nitrogens is 1. The van der Waals surface area contributed by atoms with Crippen molar-refractivity contribution in [1.82, 2.24) is 15.2 Å². The third-order valence-electron chi connectivity index (χ3n) is 3.73. The minimum absolute atomic E-state index is 0.0477. The molecule has 0 spiro atoms. The number of rotatable bonds is 7. The monoisotopic (exact) mass is 277 g/mol. The van der Waals surface area contributed by atoms with Crippen molar-refractivity contribution in [3.05, 3.63) is 30.1 Å². The normalized spacial score (nSPS) is 19.1. The maximum atomic E-state index is 12.0. The molecule has 0 saturated carbocycles. The summed E-state index contributed by atoms with van der Waals surface area (Å²) in [5.74, 6) is 0.0477. The quantitative estimate of drug-likeness (QED) is 0.778. The van der Waals surface area contributed by atoms with E-state index in [1.165, 1.54) is 0 Å². The molecule has 1 aromatic heterocycles. The van der Waals surface area contributed by atoms with E-state index in [9.17, 15) is 4.79 Å². The Bertz CT molecular complexity index is 411. The number of pyridine rings is 1. The fourth-order valence-corrected chi connectivity index (χ4v) is 2.69. The van der Waals surface area contributed by atoms with Crippen LogP contribution in [0.3, 0.4) is 0 Å². The molecule has 1 amide bonds. The maximum Gasteiger partial charge on any atom is 0.234 e. The van der Waals surface area contributed by atoms with Crippen molar-refractivity contribution >= 4 is 5.91 Å². The first-order valence-corrected chi connectivity index (χ1v) is 7.31. The second kappa shape index (κ2) is 7.97. The van der Waals surface area contributed by atoms with E-state index in [2.05, 4.69) is 15.2 Å². The first-order valence-electron chi connectivity index (χ1n) is 7.31. The highest BCUT2D eigenvalue weighted by molar-refractivity contribution is 5.78. The smallest absolute Gasteiger partial charge is 0.234 e. The molecule has 1 aliphatic heterocycles. The van der Waals surface area contributed by atoms with Gasteiger partial charge in [-0.2, -0.15) is 0 Å². The average Bonchev–Trinajstić information content (AvgIpc) is 2.91. The highest BCUT2D eigenvalue weighted by Crippen LogP contribution is 2.20. The predicted octanol–water partition coefficient (Wildman–Crippen LogP) is 0.935. The van der Waals surface area contributed by atoms with Crippen LogP contribution in [0.2, 0.25) is 0 Å². The first kappa shape index (κ1) is 14.9. The summed E-state index contributed by atoms with van der Waals surface area (Å²) >= 11 is 0. The number of nitrogens with zero attached hydrogens (tertiary/aromatic N) is 2. The SMILES string of the molecule is O=C(CN1CCC[C@H]1CCCO)NCc1ccccn1. The van der Waals surface area contributed by atoms with E-state index >= 15 is 0 Å². The Morgan fingerprint density at radius 3 is 3.15 bits per heavy atom. The Labute approximate surface area is 120 Å². The lowest BCUT2D eigenvalue weighted by atomic mass is 10.1. The predicted molar refractivity (Wildman–Crippen MR) is 77.0 cm³/mol. The number of amides is 1. The first-order chi connectivity index (χ1) is 9.79. The minimum Gasteiger partial charge on any atom is -0.396 e. The molecular weight excluding hydrogens is 254 g/mol. The standard InChI is InChI=1S/C15H23N3O2/c19-10-4-7-14-6-3-9-18(14)12-15(20)17-11-13-5-1-2-8-16-13/h1-2,5,8,14,19H,3-4,6-7,9-12H2,(H,17,20)/t14-/m0/s1. The van der Waals surface area contributed by atoms with Gasteiger partial charge in [0.25, 0.3) is 0 Å². The van der Waals surface area contributed by atoms with Crippen molar-refractivity contribution < 1.29 is 9.90 Å². The molecule has 0 aromatic carbocycles. The van der Waals surface area contributed by atoms with Crippen LogP contribution in [0.5, 0.6) is 0 Å². The third kappa shape index (κ3) is 4.58.